The van der Waals surface area contributed by atoms with Crippen molar-refractivity contribution in [1.29, 1.82) is 0 Å². The standard InChI is InChI=1S/C20H27FN4O2S/c1-2-17-12-23(9-11-27-17)14-25-20(28)24(13-18-4-3-10-26-18)19(22-25)15-5-7-16(21)8-6-15/h5-8,17-18H,2-4,9-14H2,1H3/t17-,18-/m0/s1. The van der Waals surface area contributed by atoms with Gasteiger partial charge in [-0.1, -0.05) is 6.92 Å². The Balaban J connectivity index is 1.63. The molecular formula is C20H27FN4O2S. The first kappa shape index (κ1) is 19.7. The molecular weight excluding hydrogens is 379 g/mol. The van der Waals surface area contributed by atoms with Gasteiger partial charge in [0.1, 0.15) is 5.82 Å². The van der Waals surface area contributed by atoms with Crippen LogP contribution in [0.25, 0.3) is 11.4 Å². The normalized spacial score (nSPS) is 23.4. The van der Waals surface area contributed by atoms with Gasteiger partial charge in [0.15, 0.2) is 10.6 Å². The SMILES string of the molecule is CC[C@H]1CN(Cn2nc(-c3ccc(F)cc3)n(C[C@@H]3CCCO3)c2=S)CCO1. The van der Waals surface area contributed by atoms with E-state index in [1.54, 1.807) is 12.1 Å². The van der Waals surface area contributed by atoms with Gasteiger partial charge < -0.3 is 9.47 Å². The van der Waals surface area contributed by atoms with E-state index in [0.717, 1.165) is 57.0 Å². The number of benzene rings is 1. The Morgan fingerprint density at radius 3 is 2.68 bits per heavy atom. The minimum absolute atomic E-state index is 0.149. The molecule has 0 bridgehead atoms. The third kappa shape index (κ3) is 4.35. The van der Waals surface area contributed by atoms with Gasteiger partial charge in [0.05, 0.1) is 32.0 Å². The molecule has 0 N–H and O–H groups in total. The smallest absolute Gasteiger partial charge is 0.199 e. The Morgan fingerprint density at radius 1 is 1.18 bits per heavy atom. The molecule has 1 aromatic heterocycles. The summed E-state index contributed by atoms with van der Waals surface area (Å²) in [6.45, 7) is 6.71. The van der Waals surface area contributed by atoms with Crippen molar-refractivity contribution in [3.63, 3.8) is 0 Å². The lowest BCUT2D eigenvalue weighted by Gasteiger charge is -2.32. The maximum Gasteiger partial charge on any atom is 0.199 e. The third-order valence-corrected chi connectivity index (χ3v) is 5.88. The van der Waals surface area contributed by atoms with Gasteiger partial charge in [-0.15, -0.1) is 0 Å². The lowest BCUT2D eigenvalue weighted by Crippen LogP contribution is -2.43. The first-order valence-corrected chi connectivity index (χ1v) is 10.4. The van der Waals surface area contributed by atoms with Crippen molar-refractivity contribution in [3.8, 4) is 11.4 Å². The topological polar surface area (TPSA) is 44.5 Å². The Labute approximate surface area is 169 Å². The number of morpholine rings is 1. The van der Waals surface area contributed by atoms with Crippen LogP contribution in [0.5, 0.6) is 0 Å². The zero-order valence-electron chi connectivity index (χ0n) is 16.2. The van der Waals surface area contributed by atoms with Gasteiger partial charge in [-0.05, 0) is 55.7 Å². The van der Waals surface area contributed by atoms with E-state index in [-0.39, 0.29) is 18.0 Å². The van der Waals surface area contributed by atoms with E-state index < -0.39 is 0 Å². The highest BCUT2D eigenvalue weighted by Crippen LogP contribution is 2.23. The molecule has 0 amide bonds. The van der Waals surface area contributed by atoms with Crippen molar-refractivity contribution in [2.24, 2.45) is 0 Å². The quantitative estimate of drug-likeness (QED) is 0.688. The molecule has 1 aromatic carbocycles. The van der Waals surface area contributed by atoms with Crippen LogP contribution < -0.4 is 0 Å². The predicted molar refractivity (Wildman–Crippen MR) is 107 cm³/mol. The van der Waals surface area contributed by atoms with Crippen molar-refractivity contribution < 1.29 is 13.9 Å². The summed E-state index contributed by atoms with van der Waals surface area (Å²) in [6.07, 6.45) is 3.50. The van der Waals surface area contributed by atoms with Crippen LogP contribution in [0.15, 0.2) is 24.3 Å². The molecule has 2 atom stereocenters. The first-order chi connectivity index (χ1) is 13.6. The molecule has 0 radical (unpaired) electrons. The zero-order chi connectivity index (χ0) is 19.5. The van der Waals surface area contributed by atoms with Crippen LogP contribution in [0.2, 0.25) is 0 Å². The van der Waals surface area contributed by atoms with E-state index in [2.05, 4.69) is 11.8 Å². The molecule has 8 heteroatoms. The number of halogens is 1. The second kappa shape index (κ2) is 8.82. The molecule has 2 aromatic rings. The van der Waals surface area contributed by atoms with E-state index in [0.29, 0.717) is 18.0 Å². The highest BCUT2D eigenvalue weighted by Gasteiger charge is 2.23. The average Bonchev–Trinajstić information content (AvgIpc) is 3.33. The van der Waals surface area contributed by atoms with E-state index in [1.165, 1.54) is 12.1 Å². The third-order valence-electron chi connectivity index (χ3n) is 5.45. The van der Waals surface area contributed by atoms with Crippen LogP contribution in [0.3, 0.4) is 0 Å². The lowest BCUT2D eigenvalue weighted by molar-refractivity contribution is -0.0412. The van der Waals surface area contributed by atoms with E-state index in [9.17, 15) is 4.39 Å². The molecule has 2 saturated heterocycles. The Kier molecular flexibility index (Phi) is 6.20. The van der Waals surface area contributed by atoms with Crippen LogP contribution in [0.1, 0.15) is 26.2 Å². The molecule has 0 spiro atoms. The maximum atomic E-state index is 13.4. The Hall–Kier alpha value is -1.61. The van der Waals surface area contributed by atoms with Gasteiger partial charge in [-0.2, -0.15) is 5.10 Å². The summed E-state index contributed by atoms with van der Waals surface area (Å²) in [7, 11) is 0. The molecule has 6 nitrogen and oxygen atoms in total. The maximum absolute atomic E-state index is 13.4. The molecule has 3 heterocycles. The van der Waals surface area contributed by atoms with Crippen molar-refractivity contribution in [3.05, 3.63) is 34.9 Å². The lowest BCUT2D eigenvalue weighted by atomic mass is 10.2. The van der Waals surface area contributed by atoms with E-state index >= 15 is 0 Å². The van der Waals surface area contributed by atoms with Crippen molar-refractivity contribution in [2.75, 3.05) is 26.3 Å². The number of aromatic nitrogens is 3. The highest BCUT2D eigenvalue weighted by molar-refractivity contribution is 7.71. The fourth-order valence-electron chi connectivity index (χ4n) is 3.85. The number of hydrogen-bond donors (Lipinski definition) is 0. The van der Waals surface area contributed by atoms with E-state index in [1.807, 2.05) is 9.25 Å². The van der Waals surface area contributed by atoms with Crippen LogP contribution in [0.4, 0.5) is 4.39 Å². The van der Waals surface area contributed by atoms with Gasteiger partial charge in [0.2, 0.25) is 0 Å². The van der Waals surface area contributed by atoms with Crippen LogP contribution in [0, 0.1) is 10.6 Å². The molecule has 152 valence electrons. The van der Waals surface area contributed by atoms with Gasteiger partial charge in [0.25, 0.3) is 0 Å². The summed E-state index contributed by atoms with van der Waals surface area (Å²) in [5.74, 6) is 0.507. The van der Waals surface area contributed by atoms with Crippen molar-refractivity contribution in [1.82, 2.24) is 19.2 Å². The molecule has 28 heavy (non-hydrogen) atoms. The van der Waals surface area contributed by atoms with Gasteiger partial charge in [-0.25, -0.2) is 9.07 Å². The average molecular weight is 407 g/mol. The fourth-order valence-corrected chi connectivity index (χ4v) is 4.11. The largest absolute Gasteiger partial charge is 0.376 e. The Morgan fingerprint density at radius 2 is 1.96 bits per heavy atom. The second-order valence-electron chi connectivity index (χ2n) is 7.48. The van der Waals surface area contributed by atoms with Crippen molar-refractivity contribution >= 4 is 12.2 Å². The first-order valence-electron chi connectivity index (χ1n) is 10.0. The fraction of sp³-hybridized carbons (Fsp3) is 0.600. The summed E-state index contributed by atoms with van der Waals surface area (Å²) in [6, 6.07) is 6.43. The minimum Gasteiger partial charge on any atom is -0.376 e. The zero-order valence-corrected chi connectivity index (χ0v) is 17.0. The molecule has 4 rings (SSSR count). The summed E-state index contributed by atoms with van der Waals surface area (Å²) in [5.41, 5.74) is 0.859. The van der Waals surface area contributed by atoms with Crippen molar-refractivity contribution in [2.45, 2.75) is 51.6 Å². The molecule has 0 saturated carbocycles. The number of ether oxygens (including phenoxy) is 2. The number of hydrogen-bond acceptors (Lipinski definition) is 5. The summed E-state index contributed by atoms with van der Waals surface area (Å²) in [5, 5.41) is 4.81. The van der Waals surface area contributed by atoms with Crippen LogP contribution in [-0.4, -0.2) is 57.8 Å². The second-order valence-corrected chi connectivity index (χ2v) is 7.84. The predicted octanol–water partition coefficient (Wildman–Crippen LogP) is 3.47. The monoisotopic (exact) mass is 406 g/mol. The van der Waals surface area contributed by atoms with Gasteiger partial charge in [0, 0.05) is 25.3 Å². The molecule has 2 aliphatic rings. The van der Waals surface area contributed by atoms with Crippen LogP contribution in [-0.2, 0) is 22.7 Å². The summed E-state index contributed by atoms with van der Waals surface area (Å²) < 4.78 is 29.6. The number of nitrogens with zero attached hydrogens (tertiary/aromatic N) is 4. The summed E-state index contributed by atoms with van der Waals surface area (Å²) in [4.78, 5) is 2.32. The molecule has 0 unspecified atom stereocenters. The van der Waals surface area contributed by atoms with Crippen LogP contribution >= 0.6 is 12.2 Å². The molecule has 0 aliphatic carbocycles. The molecule has 2 aliphatic heterocycles. The van der Waals surface area contributed by atoms with Gasteiger partial charge in [-0.3, -0.25) is 9.47 Å². The van der Waals surface area contributed by atoms with E-state index in [4.69, 9.17) is 26.8 Å². The van der Waals surface area contributed by atoms with Gasteiger partial charge >= 0.3 is 0 Å². The minimum atomic E-state index is -0.258. The molecule has 2 fully saturated rings. The number of rotatable bonds is 6. The summed E-state index contributed by atoms with van der Waals surface area (Å²) >= 11 is 5.78. The Bertz CT molecular complexity index is 845. The highest BCUT2D eigenvalue weighted by atomic mass is 32.1.